The molecule has 1 aromatic carbocycles. The average Bonchev–Trinajstić information content (AvgIpc) is 2.69. The number of aryl methyl sites for hydroxylation is 1. The molecule has 0 saturated carbocycles. The number of halogens is 1. The molecule has 1 aromatic rings. The van der Waals surface area contributed by atoms with Gasteiger partial charge in [-0.1, -0.05) is 28.1 Å². The van der Waals surface area contributed by atoms with Gasteiger partial charge in [-0.15, -0.1) is 0 Å². The highest BCUT2D eigenvalue weighted by Crippen LogP contribution is 2.37. The molecule has 0 radical (unpaired) electrons. The molecular formula is C14H20BrNS. The van der Waals surface area contributed by atoms with Crippen molar-refractivity contribution in [2.45, 2.75) is 38.0 Å². The van der Waals surface area contributed by atoms with Crippen molar-refractivity contribution in [3.63, 3.8) is 0 Å². The van der Waals surface area contributed by atoms with Crippen LogP contribution in [0.5, 0.6) is 0 Å². The molecule has 1 N–H and O–H groups in total. The van der Waals surface area contributed by atoms with Crippen molar-refractivity contribution in [1.29, 1.82) is 0 Å². The molecule has 17 heavy (non-hydrogen) atoms. The number of hydrogen-bond donors (Lipinski definition) is 1. The summed E-state index contributed by atoms with van der Waals surface area (Å²) in [4.78, 5) is 0. The molecule has 1 atom stereocenters. The molecule has 1 aliphatic heterocycles. The van der Waals surface area contributed by atoms with E-state index in [4.69, 9.17) is 0 Å². The largest absolute Gasteiger partial charge is 0.311 e. The Morgan fingerprint density at radius 2 is 2.29 bits per heavy atom. The monoisotopic (exact) mass is 313 g/mol. The van der Waals surface area contributed by atoms with Crippen LogP contribution in [0.25, 0.3) is 0 Å². The van der Waals surface area contributed by atoms with Gasteiger partial charge in [0.2, 0.25) is 0 Å². The predicted octanol–water partition coefficient (Wildman–Crippen LogP) is 4.13. The zero-order valence-electron chi connectivity index (χ0n) is 10.6. The summed E-state index contributed by atoms with van der Waals surface area (Å²) >= 11 is 5.74. The number of thioether (sulfide) groups is 1. The number of rotatable bonds is 4. The Balaban J connectivity index is 1.85. The second-order valence-electron chi connectivity index (χ2n) is 5.10. The van der Waals surface area contributed by atoms with E-state index in [2.05, 4.69) is 65.1 Å². The van der Waals surface area contributed by atoms with Crippen LogP contribution in [0.2, 0.25) is 0 Å². The maximum atomic E-state index is 3.63. The fraction of sp³-hybridized carbons (Fsp3) is 0.571. The molecule has 1 aliphatic rings. The fourth-order valence-electron chi connectivity index (χ4n) is 2.23. The van der Waals surface area contributed by atoms with Crippen LogP contribution in [0.4, 0.5) is 0 Å². The van der Waals surface area contributed by atoms with Gasteiger partial charge in [0.25, 0.3) is 0 Å². The maximum Gasteiger partial charge on any atom is 0.0256 e. The van der Waals surface area contributed by atoms with Gasteiger partial charge in [-0.3, -0.25) is 0 Å². The van der Waals surface area contributed by atoms with Crippen molar-refractivity contribution in [2.75, 3.05) is 12.3 Å². The molecule has 1 unspecified atom stereocenters. The highest BCUT2D eigenvalue weighted by Gasteiger charge is 2.28. The highest BCUT2D eigenvalue weighted by atomic mass is 79.9. The molecule has 0 amide bonds. The van der Waals surface area contributed by atoms with Gasteiger partial charge < -0.3 is 5.32 Å². The summed E-state index contributed by atoms with van der Waals surface area (Å²) in [6.07, 6.45) is 2.72. The molecule has 1 fully saturated rings. The third kappa shape index (κ3) is 3.73. The lowest BCUT2D eigenvalue weighted by Crippen LogP contribution is -2.32. The second-order valence-corrected chi connectivity index (χ2v) is 7.64. The van der Waals surface area contributed by atoms with E-state index >= 15 is 0 Å². The molecule has 0 aliphatic carbocycles. The third-order valence-corrected chi connectivity index (χ3v) is 5.60. The van der Waals surface area contributed by atoms with E-state index in [1.807, 2.05) is 0 Å². The molecule has 94 valence electrons. The van der Waals surface area contributed by atoms with E-state index in [0.717, 1.165) is 13.1 Å². The van der Waals surface area contributed by atoms with Crippen LogP contribution in [0.3, 0.4) is 0 Å². The van der Waals surface area contributed by atoms with Crippen LogP contribution in [0.15, 0.2) is 22.7 Å². The summed E-state index contributed by atoms with van der Waals surface area (Å²) in [5.74, 6) is 1.33. The first kappa shape index (κ1) is 13.4. The second kappa shape index (κ2) is 5.77. The van der Waals surface area contributed by atoms with Crippen LogP contribution < -0.4 is 5.32 Å². The zero-order chi connectivity index (χ0) is 12.3. The smallest absolute Gasteiger partial charge is 0.0256 e. The molecule has 0 spiro atoms. The standard InChI is InChI=1S/C14H20BrNS/c1-11-4-5-12(13(15)8-11)9-16-10-14(2)6-3-7-17-14/h4-5,8,16H,3,6-7,9-10H2,1-2H3. The van der Waals surface area contributed by atoms with Gasteiger partial charge in [0.05, 0.1) is 0 Å². The minimum Gasteiger partial charge on any atom is -0.311 e. The topological polar surface area (TPSA) is 12.0 Å². The van der Waals surface area contributed by atoms with Gasteiger partial charge in [-0.2, -0.15) is 11.8 Å². The van der Waals surface area contributed by atoms with E-state index in [-0.39, 0.29) is 0 Å². The van der Waals surface area contributed by atoms with Crippen LogP contribution in [-0.2, 0) is 6.54 Å². The van der Waals surface area contributed by atoms with Crippen molar-refractivity contribution in [3.8, 4) is 0 Å². The Morgan fingerprint density at radius 1 is 1.47 bits per heavy atom. The van der Waals surface area contributed by atoms with Gasteiger partial charge in [0, 0.05) is 22.3 Å². The van der Waals surface area contributed by atoms with Crippen molar-refractivity contribution in [3.05, 3.63) is 33.8 Å². The van der Waals surface area contributed by atoms with Crippen LogP contribution in [0.1, 0.15) is 30.9 Å². The first-order chi connectivity index (χ1) is 8.09. The number of benzene rings is 1. The van der Waals surface area contributed by atoms with Crippen LogP contribution in [-0.4, -0.2) is 17.0 Å². The Hall–Kier alpha value is 0.01000. The number of hydrogen-bond acceptors (Lipinski definition) is 2. The van der Waals surface area contributed by atoms with E-state index in [1.165, 1.54) is 34.2 Å². The normalized spacial score (nSPS) is 24.2. The lowest BCUT2D eigenvalue weighted by molar-refractivity contribution is 0.536. The van der Waals surface area contributed by atoms with Gasteiger partial charge in [-0.25, -0.2) is 0 Å². The summed E-state index contributed by atoms with van der Waals surface area (Å²) < 4.78 is 1.67. The quantitative estimate of drug-likeness (QED) is 0.897. The summed E-state index contributed by atoms with van der Waals surface area (Å²) in [6, 6.07) is 6.56. The minimum absolute atomic E-state index is 0.456. The first-order valence-electron chi connectivity index (χ1n) is 6.19. The van der Waals surface area contributed by atoms with Crippen LogP contribution >= 0.6 is 27.7 Å². The molecular weight excluding hydrogens is 294 g/mol. The van der Waals surface area contributed by atoms with Crippen LogP contribution in [0, 0.1) is 6.92 Å². The highest BCUT2D eigenvalue weighted by molar-refractivity contribution is 9.10. The van der Waals surface area contributed by atoms with E-state index < -0.39 is 0 Å². The van der Waals surface area contributed by atoms with Crippen molar-refractivity contribution in [1.82, 2.24) is 5.32 Å². The molecule has 3 heteroatoms. The summed E-state index contributed by atoms with van der Waals surface area (Å²) in [5.41, 5.74) is 2.65. The maximum absolute atomic E-state index is 3.63. The van der Waals surface area contributed by atoms with Gasteiger partial charge >= 0.3 is 0 Å². The SMILES string of the molecule is Cc1ccc(CNCC2(C)CCCS2)c(Br)c1. The van der Waals surface area contributed by atoms with Gasteiger partial charge in [0.15, 0.2) is 0 Å². The Kier molecular flexibility index (Phi) is 4.56. The summed E-state index contributed by atoms with van der Waals surface area (Å²) in [7, 11) is 0. The summed E-state index contributed by atoms with van der Waals surface area (Å²) in [6.45, 7) is 6.56. The van der Waals surface area contributed by atoms with E-state index in [9.17, 15) is 0 Å². The third-order valence-electron chi connectivity index (χ3n) is 3.32. The van der Waals surface area contributed by atoms with E-state index in [1.54, 1.807) is 0 Å². The molecule has 0 bridgehead atoms. The Bertz CT molecular complexity index is 386. The molecule has 1 nitrogen and oxygen atoms in total. The van der Waals surface area contributed by atoms with Gasteiger partial charge in [-0.05, 0) is 49.6 Å². The summed E-state index contributed by atoms with van der Waals surface area (Å²) in [5, 5.41) is 3.59. The lowest BCUT2D eigenvalue weighted by atomic mass is 10.1. The average molecular weight is 314 g/mol. The van der Waals surface area contributed by atoms with Crippen molar-refractivity contribution < 1.29 is 0 Å². The predicted molar refractivity (Wildman–Crippen MR) is 80.7 cm³/mol. The van der Waals surface area contributed by atoms with Crippen molar-refractivity contribution in [2.24, 2.45) is 0 Å². The number of nitrogens with one attached hydrogen (secondary N) is 1. The van der Waals surface area contributed by atoms with Crippen molar-refractivity contribution >= 4 is 27.7 Å². The zero-order valence-corrected chi connectivity index (χ0v) is 13.0. The first-order valence-corrected chi connectivity index (χ1v) is 7.97. The molecule has 1 saturated heterocycles. The molecule has 2 rings (SSSR count). The van der Waals surface area contributed by atoms with Gasteiger partial charge in [0.1, 0.15) is 0 Å². The lowest BCUT2D eigenvalue weighted by Gasteiger charge is -2.23. The molecule has 0 aromatic heterocycles. The fourth-order valence-corrected chi connectivity index (χ4v) is 4.14. The Labute approximate surface area is 117 Å². The molecule has 1 heterocycles. The minimum atomic E-state index is 0.456. The van der Waals surface area contributed by atoms with E-state index in [0.29, 0.717) is 4.75 Å². The Morgan fingerprint density at radius 3 is 2.94 bits per heavy atom.